The minimum Gasteiger partial charge on any atom is -0.439 e. The van der Waals surface area contributed by atoms with Crippen molar-refractivity contribution in [1.29, 1.82) is 0 Å². The number of amides is 1. The number of benzene rings is 1. The van der Waals surface area contributed by atoms with Crippen molar-refractivity contribution < 1.29 is 14.3 Å². The lowest BCUT2D eigenvalue weighted by atomic mass is 10.2. The van der Waals surface area contributed by atoms with Crippen LogP contribution in [0.4, 0.5) is 0 Å². The monoisotopic (exact) mass is 373 g/mol. The van der Waals surface area contributed by atoms with E-state index in [1.54, 1.807) is 12.3 Å². The highest BCUT2D eigenvalue weighted by atomic mass is 35.5. The van der Waals surface area contributed by atoms with E-state index < -0.39 is 6.04 Å². The Labute approximate surface area is 153 Å². The molecule has 2 aromatic rings. The second kappa shape index (κ2) is 11.6. The molecule has 1 atom stereocenters. The zero-order chi connectivity index (χ0) is 15.8. The molecule has 2 rings (SSSR count). The molecule has 0 aliphatic rings. The summed E-state index contributed by atoms with van der Waals surface area (Å²) in [4.78, 5) is 15.9. The number of ether oxygens (including phenoxy) is 2. The first kappa shape index (κ1) is 22.1. The maximum Gasteiger partial charge on any atom is 0.239 e. The van der Waals surface area contributed by atoms with Crippen LogP contribution in [0.2, 0.25) is 0 Å². The Balaban J connectivity index is 0.00000264. The highest BCUT2D eigenvalue weighted by Gasteiger charge is 2.12. The van der Waals surface area contributed by atoms with Crippen molar-refractivity contribution in [2.24, 2.45) is 5.73 Å². The van der Waals surface area contributed by atoms with E-state index in [4.69, 9.17) is 15.2 Å². The first-order valence-corrected chi connectivity index (χ1v) is 6.89. The molecule has 3 N–H and O–H groups in total. The zero-order valence-electron chi connectivity index (χ0n) is 13.2. The van der Waals surface area contributed by atoms with Gasteiger partial charge in [0.25, 0.3) is 0 Å². The zero-order valence-corrected chi connectivity index (χ0v) is 14.8. The number of nitrogens with zero attached hydrogens (tertiary/aromatic N) is 1. The summed E-state index contributed by atoms with van der Waals surface area (Å²) in [5.74, 6) is 0.963. The molecule has 8 heteroatoms. The van der Waals surface area contributed by atoms with Crippen molar-refractivity contribution in [1.82, 2.24) is 10.3 Å². The van der Waals surface area contributed by atoms with Crippen LogP contribution in [0.5, 0.6) is 11.6 Å². The number of nitrogens with one attached hydrogen (secondary N) is 1. The van der Waals surface area contributed by atoms with Crippen LogP contribution in [0, 0.1) is 0 Å². The second-order valence-electron chi connectivity index (χ2n) is 4.70. The molecule has 0 bridgehead atoms. The summed E-state index contributed by atoms with van der Waals surface area (Å²) < 4.78 is 10.4. The van der Waals surface area contributed by atoms with Crippen LogP contribution in [-0.4, -0.2) is 30.6 Å². The third-order valence-corrected chi connectivity index (χ3v) is 2.91. The number of hydrogen-bond acceptors (Lipinski definition) is 5. The van der Waals surface area contributed by atoms with Crippen molar-refractivity contribution in [3.8, 4) is 11.6 Å². The number of nitrogens with two attached hydrogens (primary N) is 1. The van der Waals surface area contributed by atoms with E-state index >= 15 is 0 Å². The number of carbonyl (C=O) groups is 1. The van der Waals surface area contributed by atoms with Crippen LogP contribution in [0.3, 0.4) is 0 Å². The molecule has 0 spiro atoms. The molecule has 0 saturated carbocycles. The summed E-state index contributed by atoms with van der Waals surface area (Å²) in [5.41, 5.74) is 6.49. The molecular weight excluding hydrogens is 353 g/mol. The van der Waals surface area contributed by atoms with Gasteiger partial charge >= 0.3 is 0 Å². The number of para-hydroxylation sites is 1. The van der Waals surface area contributed by atoms with Gasteiger partial charge in [-0.2, -0.15) is 0 Å². The third-order valence-electron chi connectivity index (χ3n) is 2.91. The molecule has 0 fully saturated rings. The van der Waals surface area contributed by atoms with Crippen LogP contribution in [0.15, 0.2) is 48.7 Å². The summed E-state index contributed by atoms with van der Waals surface area (Å²) in [6, 6.07) is 12.3. The number of rotatable bonds is 7. The highest BCUT2D eigenvalue weighted by Crippen LogP contribution is 2.18. The summed E-state index contributed by atoms with van der Waals surface area (Å²) >= 11 is 0. The van der Waals surface area contributed by atoms with Gasteiger partial charge < -0.3 is 20.5 Å². The van der Waals surface area contributed by atoms with Crippen LogP contribution < -0.4 is 15.8 Å². The summed E-state index contributed by atoms with van der Waals surface area (Å²) in [6.07, 6.45) is 1.65. The van der Waals surface area contributed by atoms with Gasteiger partial charge in [-0.25, -0.2) is 4.98 Å². The molecule has 1 heterocycles. The predicted octanol–water partition coefficient (Wildman–Crippen LogP) is 2.31. The molecule has 1 aromatic heterocycles. The topological polar surface area (TPSA) is 86.5 Å². The number of aromatic nitrogens is 1. The number of carbonyl (C=O) groups excluding carboxylic acids is 1. The Kier molecular flexibility index (Phi) is 10.7. The standard InChI is InChI=1S/C16H19N3O3.2ClH/c1-21-11-14(17)16(20)19-10-12-7-8-15(18-9-12)22-13-5-3-2-4-6-13;;/h2-9,14H,10-11,17H2,1H3,(H,19,20);2*1H. The largest absolute Gasteiger partial charge is 0.439 e. The SMILES string of the molecule is COCC(N)C(=O)NCc1ccc(Oc2ccccc2)nc1.Cl.Cl. The molecular formula is C16H21Cl2N3O3. The van der Waals surface area contributed by atoms with Gasteiger partial charge in [-0.3, -0.25) is 4.79 Å². The first-order valence-electron chi connectivity index (χ1n) is 6.89. The maximum atomic E-state index is 11.7. The lowest BCUT2D eigenvalue weighted by Gasteiger charge is -2.11. The van der Waals surface area contributed by atoms with Gasteiger partial charge in [-0.15, -0.1) is 24.8 Å². The molecule has 132 valence electrons. The smallest absolute Gasteiger partial charge is 0.239 e. The molecule has 24 heavy (non-hydrogen) atoms. The van der Waals surface area contributed by atoms with Crippen molar-refractivity contribution in [3.05, 3.63) is 54.2 Å². The van der Waals surface area contributed by atoms with E-state index in [9.17, 15) is 4.79 Å². The summed E-state index contributed by atoms with van der Waals surface area (Å²) in [6.45, 7) is 0.544. The van der Waals surface area contributed by atoms with Gasteiger partial charge in [0.1, 0.15) is 11.8 Å². The van der Waals surface area contributed by atoms with Crippen LogP contribution in [-0.2, 0) is 16.1 Å². The fourth-order valence-electron chi connectivity index (χ4n) is 1.76. The molecule has 0 saturated heterocycles. The molecule has 6 nitrogen and oxygen atoms in total. The quantitative estimate of drug-likeness (QED) is 0.777. The van der Waals surface area contributed by atoms with Gasteiger partial charge in [-0.05, 0) is 17.7 Å². The normalized spacial score (nSPS) is 10.8. The van der Waals surface area contributed by atoms with E-state index in [0.717, 1.165) is 11.3 Å². The van der Waals surface area contributed by atoms with Crippen molar-refractivity contribution in [2.75, 3.05) is 13.7 Å². The Morgan fingerprint density at radius 2 is 1.92 bits per heavy atom. The van der Waals surface area contributed by atoms with E-state index in [-0.39, 0.29) is 37.3 Å². The van der Waals surface area contributed by atoms with Gasteiger partial charge in [0, 0.05) is 25.9 Å². The van der Waals surface area contributed by atoms with Crippen molar-refractivity contribution >= 4 is 30.7 Å². The lowest BCUT2D eigenvalue weighted by molar-refractivity contribution is -0.123. The number of halogens is 2. The average molecular weight is 374 g/mol. The third kappa shape index (κ3) is 7.14. The minimum absolute atomic E-state index is 0. The number of pyridine rings is 1. The van der Waals surface area contributed by atoms with Gasteiger partial charge in [0.05, 0.1) is 6.61 Å². The Hall–Kier alpha value is -1.86. The second-order valence-corrected chi connectivity index (χ2v) is 4.70. The lowest BCUT2D eigenvalue weighted by Crippen LogP contribution is -2.43. The van der Waals surface area contributed by atoms with Crippen LogP contribution in [0.25, 0.3) is 0 Å². The fourth-order valence-corrected chi connectivity index (χ4v) is 1.76. The Morgan fingerprint density at radius 3 is 2.50 bits per heavy atom. The Morgan fingerprint density at radius 1 is 1.21 bits per heavy atom. The van der Waals surface area contributed by atoms with E-state index in [1.807, 2.05) is 36.4 Å². The van der Waals surface area contributed by atoms with Gasteiger partial charge in [0.15, 0.2) is 0 Å². The van der Waals surface area contributed by atoms with E-state index in [2.05, 4.69) is 10.3 Å². The average Bonchev–Trinajstić information content (AvgIpc) is 2.55. The fraction of sp³-hybridized carbons (Fsp3) is 0.250. The summed E-state index contributed by atoms with van der Waals surface area (Å²) in [7, 11) is 1.50. The number of hydrogen-bond donors (Lipinski definition) is 2. The summed E-state index contributed by atoms with van der Waals surface area (Å²) in [5, 5.41) is 2.73. The molecule has 0 radical (unpaired) electrons. The van der Waals surface area contributed by atoms with E-state index in [0.29, 0.717) is 12.4 Å². The maximum absolute atomic E-state index is 11.7. The predicted molar refractivity (Wildman–Crippen MR) is 96.9 cm³/mol. The molecule has 1 unspecified atom stereocenters. The molecule has 1 amide bonds. The van der Waals surface area contributed by atoms with Crippen molar-refractivity contribution in [2.45, 2.75) is 12.6 Å². The highest BCUT2D eigenvalue weighted by molar-refractivity contribution is 5.85. The number of methoxy groups -OCH3 is 1. The molecule has 1 aromatic carbocycles. The molecule has 0 aliphatic carbocycles. The Bertz CT molecular complexity index is 597. The van der Waals surface area contributed by atoms with E-state index in [1.165, 1.54) is 7.11 Å². The van der Waals surface area contributed by atoms with Gasteiger partial charge in [0.2, 0.25) is 11.8 Å². The first-order chi connectivity index (χ1) is 10.7. The minimum atomic E-state index is -0.668. The van der Waals surface area contributed by atoms with Crippen LogP contribution in [0.1, 0.15) is 5.56 Å². The molecule has 0 aliphatic heterocycles. The van der Waals surface area contributed by atoms with Crippen molar-refractivity contribution in [3.63, 3.8) is 0 Å². The van der Waals surface area contributed by atoms with Crippen LogP contribution >= 0.6 is 24.8 Å². The van der Waals surface area contributed by atoms with Gasteiger partial charge in [-0.1, -0.05) is 24.3 Å².